The average Bonchev–Trinajstić information content (AvgIpc) is 2.88. The van der Waals surface area contributed by atoms with Crippen molar-refractivity contribution >= 4 is 22.8 Å². The van der Waals surface area contributed by atoms with Gasteiger partial charge in [-0.05, 0) is 48.7 Å². The normalized spacial score (nSPS) is 17.7. The molecule has 6 nitrogen and oxygen atoms in total. The lowest BCUT2D eigenvalue weighted by Gasteiger charge is -2.30. The fourth-order valence-corrected chi connectivity index (χ4v) is 3.73. The number of rotatable bonds is 2. The number of anilines is 1. The number of aryl methyl sites for hydroxylation is 1. The molecule has 1 aliphatic heterocycles. The number of nitrogens with zero attached hydrogens (tertiary/aromatic N) is 4. The Hall–Kier alpha value is -2.96. The topological polar surface area (TPSA) is 63.1 Å². The highest BCUT2D eigenvalue weighted by atomic mass is 19.1. The summed E-state index contributed by atoms with van der Waals surface area (Å²) in [4.78, 5) is 14.8. The number of nitrogens with one attached hydrogen (secondary N) is 1. The number of aromatic nitrogens is 3. The van der Waals surface area contributed by atoms with Crippen LogP contribution in [0.2, 0.25) is 0 Å². The highest BCUT2D eigenvalue weighted by Crippen LogP contribution is 2.31. The van der Waals surface area contributed by atoms with Gasteiger partial charge in [-0.25, -0.2) is 13.9 Å². The van der Waals surface area contributed by atoms with E-state index in [1.807, 2.05) is 36.2 Å². The van der Waals surface area contributed by atoms with E-state index in [0.717, 1.165) is 42.3 Å². The lowest BCUT2D eigenvalue weighted by molar-refractivity contribution is 0.189. The van der Waals surface area contributed by atoms with E-state index < -0.39 is 0 Å². The summed E-state index contributed by atoms with van der Waals surface area (Å²) in [5.74, 6) is -0.273. The maximum atomic E-state index is 13.7. The molecular weight excluding hydrogens is 345 g/mol. The summed E-state index contributed by atoms with van der Waals surface area (Å²) in [6, 6.07) is 11.8. The highest BCUT2D eigenvalue weighted by molar-refractivity contribution is 5.92. The number of urea groups is 1. The summed E-state index contributed by atoms with van der Waals surface area (Å²) in [5, 5.41) is 11.0. The monoisotopic (exact) mass is 367 g/mol. The van der Waals surface area contributed by atoms with Gasteiger partial charge in [0.2, 0.25) is 0 Å². The number of hydrogen-bond acceptors (Lipinski definition) is 3. The van der Waals surface area contributed by atoms with Crippen LogP contribution in [0.15, 0.2) is 42.5 Å². The molecule has 4 rings (SSSR count). The summed E-state index contributed by atoms with van der Waals surface area (Å²) in [7, 11) is 1.83. The molecule has 7 heteroatoms. The Labute approximate surface area is 157 Å². The van der Waals surface area contributed by atoms with E-state index in [1.165, 1.54) is 12.1 Å². The number of hydrogen-bond donors (Lipinski definition) is 1. The van der Waals surface area contributed by atoms with E-state index in [0.29, 0.717) is 12.2 Å². The fourth-order valence-electron chi connectivity index (χ4n) is 3.73. The number of fused-ring (bicyclic) bond motifs is 1. The highest BCUT2D eigenvalue weighted by Gasteiger charge is 2.27. The van der Waals surface area contributed by atoms with Gasteiger partial charge in [-0.1, -0.05) is 30.2 Å². The van der Waals surface area contributed by atoms with Gasteiger partial charge in [0.1, 0.15) is 11.3 Å². The van der Waals surface area contributed by atoms with Gasteiger partial charge in [0.25, 0.3) is 0 Å². The third kappa shape index (κ3) is 3.63. The standard InChI is InChI=1S/C20H22FN5O/c1-25-19-10-9-16(13-17(19)23-24-25)22-20(27)26-11-4-2-3-8-18(26)14-6-5-7-15(21)12-14/h5-7,9-10,12-13,18H,2-4,8,11H2,1H3,(H,22,27)/t18-/m0/s1. The maximum Gasteiger partial charge on any atom is 0.322 e. The van der Waals surface area contributed by atoms with Gasteiger partial charge in [-0.15, -0.1) is 5.10 Å². The second kappa shape index (κ2) is 7.34. The summed E-state index contributed by atoms with van der Waals surface area (Å²) >= 11 is 0. The van der Waals surface area contributed by atoms with Crippen molar-refractivity contribution in [2.24, 2.45) is 7.05 Å². The Morgan fingerprint density at radius 2 is 2.07 bits per heavy atom. The van der Waals surface area contributed by atoms with Crippen LogP contribution in [0.1, 0.15) is 37.3 Å². The van der Waals surface area contributed by atoms with Gasteiger partial charge >= 0.3 is 6.03 Å². The number of carbonyl (C=O) groups is 1. The van der Waals surface area contributed by atoms with Gasteiger partial charge in [0.15, 0.2) is 0 Å². The maximum absolute atomic E-state index is 13.7. The van der Waals surface area contributed by atoms with Crippen molar-refractivity contribution < 1.29 is 9.18 Å². The molecule has 1 atom stereocenters. The minimum Gasteiger partial charge on any atom is -0.317 e. The molecule has 0 aliphatic carbocycles. The quantitative estimate of drug-likeness (QED) is 0.736. The SMILES string of the molecule is Cn1nnc2cc(NC(=O)N3CCCCC[C@H]3c3cccc(F)c3)ccc21. The van der Waals surface area contributed by atoms with Crippen LogP contribution < -0.4 is 5.32 Å². The molecule has 0 radical (unpaired) electrons. The second-order valence-corrected chi connectivity index (χ2v) is 6.96. The second-order valence-electron chi connectivity index (χ2n) is 6.96. The van der Waals surface area contributed by atoms with Crippen molar-refractivity contribution in [3.8, 4) is 0 Å². The first-order valence-corrected chi connectivity index (χ1v) is 9.24. The molecule has 27 heavy (non-hydrogen) atoms. The van der Waals surface area contributed by atoms with E-state index in [4.69, 9.17) is 0 Å². The third-order valence-electron chi connectivity index (χ3n) is 5.11. The number of halogens is 1. The Kier molecular flexibility index (Phi) is 4.75. The molecule has 1 aliphatic rings. The number of amides is 2. The first kappa shape index (κ1) is 17.5. The van der Waals surface area contributed by atoms with Gasteiger partial charge in [-0.2, -0.15) is 0 Å². The molecule has 0 bridgehead atoms. The summed E-state index contributed by atoms with van der Waals surface area (Å²) in [5.41, 5.74) is 3.15. The molecule has 1 N–H and O–H groups in total. The molecular formula is C20H22FN5O. The van der Waals surface area contributed by atoms with Gasteiger partial charge < -0.3 is 10.2 Å². The van der Waals surface area contributed by atoms with E-state index in [2.05, 4.69) is 15.6 Å². The van der Waals surface area contributed by atoms with Crippen molar-refractivity contribution in [1.82, 2.24) is 19.9 Å². The smallest absolute Gasteiger partial charge is 0.317 e. The Bertz CT molecular complexity index is 970. The molecule has 1 aromatic heterocycles. The summed E-state index contributed by atoms with van der Waals surface area (Å²) < 4.78 is 15.4. The Morgan fingerprint density at radius 3 is 2.93 bits per heavy atom. The predicted octanol–water partition coefficient (Wildman–Crippen LogP) is 4.26. The van der Waals surface area contributed by atoms with Crippen molar-refractivity contribution in [2.45, 2.75) is 31.7 Å². The average molecular weight is 367 g/mol. The van der Waals surface area contributed by atoms with Crippen LogP contribution in [0.3, 0.4) is 0 Å². The zero-order valence-corrected chi connectivity index (χ0v) is 15.2. The Balaban J connectivity index is 1.58. The number of likely N-dealkylation sites (tertiary alicyclic amines) is 1. The lowest BCUT2D eigenvalue weighted by atomic mass is 10.0. The van der Waals surface area contributed by atoms with E-state index in [1.54, 1.807) is 10.7 Å². The van der Waals surface area contributed by atoms with Crippen molar-refractivity contribution in [1.29, 1.82) is 0 Å². The van der Waals surface area contributed by atoms with Crippen LogP contribution in [0.4, 0.5) is 14.9 Å². The molecule has 0 unspecified atom stereocenters. The van der Waals surface area contributed by atoms with Crippen LogP contribution in [0, 0.1) is 5.82 Å². The zero-order valence-electron chi connectivity index (χ0n) is 15.2. The van der Waals surface area contributed by atoms with Crippen LogP contribution in [-0.2, 0) is 7.05 Å². The molecule has 2 amide bonds. The lowest BCUT2D eigenvalue weighted by Crippen LogP contribution is -2.38. The molecule has 3 aromatic rings. The van der Waals surface area contributed by atoms with Crippen LogP contribution >= 0.6 is 0 Å². The minimum atomic E-state index is -0.273. The van der Waals surface area contributed by atoms with Crippen LogP contribution in [0.25, 0.3) is 11.0 Å². The molecule has 2 aromatic carbocycles. The minimum absolute atomic E-state index is 0.122. The van der Waals surface area contributed by atoms with E-state index >= 15 is 0 Å². The van der Waals surface area contributed by atoms with Gasteiger partial charge in [-0.3, -0.25) is 0 Å². The molecule has 1 fully saturated rings. The number of carbonyl (C=O) groups excluding carboxylic acids is 1. The molecule has 0 saturated carbocycles. The van der Waals surface area contributed by atoms with E-state index in [9.17, 15) is 9.18 Å². The number of benzene rings is 2. The summed E-state index contributed by atoms with van der Waals surface area (Å²) in [6.45, 7) is 0.653. The van der Waals surface area contributed by atoms with Gasteiger partial charge in [0, 0.05) is 19.3 Å². The Morgan fingerprint density at radius 1 is 1.19 bits per heavy atom. The third-order valence-corrected chi connectivity index (χ3v) is 5.11. The van der Waals surface area contributed by atoms with Gasteiger partial charge in [0.05, 0.1) is 11.6 Å². The molecule has 0 spiro atoms. The first-order chi connectivity index (χ1) is 13.1. The molecule has 2 heterocycles. The van der Waals surface area contributed by atoms with E-state index in [-0.39, 0.29) is 17.9 Å². The first-order valence-electron chi connectivity index (χ1n) is 9.24. The largest absolute Gasteiger partial charge is 0.322 e. The van der Waals surface area contributed by atoms with Crippen molar-refractivity contribution in [3.05, 3.63) is 53.8 Å². The molecule has 1 saturated heterocycles. The van der Waals surface area contributed by atoms with Crippen LogP contribution in [-0.4, -0.2) is 32.5 Å². The fraction of sp³-hybridized carbons (Fsp3) is 0.350. The summed E-state index contributed by atoms with van der Waals surface area (Å²) in [6.07, 6.45) is 3.88. The molecule has 140 valence electrons. The van der Waals surface area contributed by atoms with Crippen molar-refractivity contribution in [3.63, 3.8) is 0 Å². The zero-order chi connectivity index (χ0) is 18.8. The predicted molar refractivity (Wildman–Crippen MR) is 102 cm³/mol. The van der Waals surface area contributed by atoms with Crippen LogP contribution in [0.5, 0.6) is 0 Å². The van der Waals surface area contributed by atoms with Crippen molar-refractivity contribution in [2.75, 3.05) is 11.9 Å².